The number of carboxylic acids is 1. The zero-order chi connectivity index (χ0) is 19.7. The number of aromatic carboxylic acids is 1. The second-order valence-electron chi connectivity index (χ2n) is 7.96. The summed E-state index contributed by atoms with van der Waals surface area (Å²) in [7, 11) is 0. The van der Waals surface area contributed by atoms with Gasteiger partial charge in [0.1, 0.15) is 11.6 Å². The molecule has 1 aliphatic heterocycles. The van der Waals surface area contributed by atoms with Gasteiger partial charge in [-0.2, -0.15) is 0 Å². The first-order valence-electron chi connectivity index (χ1n) is 9.41. The Morgan fingerprint density at radius 1 is 1.25 bits per heavy atom. The summed E-state index contributed by atoms with van der Waals surface area (Å²) in [6, 6.07) is 3.64. The highest BCUT2D eigenvalue weighted by molar-refractivity contribution is 5.92. The van der Waals surface area contributed by atoms with Crippen LogP contribution in [0, 0.1) is 17.7 Å². The lowest BCUT2D eigenvalue weighted by molar-refractivity contribution is 0.0691. The quantitative estimate of drug-likeness (QED) is 0.621. The van der Waals surface area contributed by atoms with Gasteiger partial charge in [0, 0.05) is 35.9 Å². The van der Waals surface area contributed by atoms with E-state index < -0.39 is 28.7 Å². The molecule has 3 aliphatic rings. The number of fused-ring (bicyclic) bond motifs is 4. The molecule has 0 amide bonds. The van der Waals surface area contributed by atoms with Crippen LogP contribution in [0.25, 0.3) is 11.3 Å². The first-order chi connectivity index (χ1) is 13.4. The fraction of sp³-hybridized carbons (Fsp3) is 0.400. The van der Waals surface area contributed by atoms with E-state index in [-0.39, 0.29) is 22.9 Å². The van der Waals surface area contributed by atoms with Crippen molar-refractivity contribution in [1.29, 1.82) is 0 Å². The van der Waals surface area contributed by atoms with Crippen molar-refractivity contribution in [3.63, 3.8) is 0 Å². The number of piperidine rings is 1. The number of nitrogens with two attached hydrogens (primary N) is 1. The molecule has 28 heavy (non-hydrogen) atoms. The third kappa shape index (κ3) is 2.37. The summed E-state index contributed by atoms with van der Waals surface area (Å²) >= 11 is 0. The molecule has 2 aliphatic carbocycles. The lowest BCUT2D eigenvalue weighted by Gasteiger charge is -2.23. The van der Waals surface area contributed by atoms with Crippen molar-refractivity contribution in [2.45, 2.75) is 25.3 Å². The van der Waals surface area contributed by atoms with E-state index in [1.165, 1.54) is 6.07 Å². The van der Waals surface area contributed by atoms with Crippen molar-refractivity contribution in [3.8, 4) is 17.0 Å². The van der Waals surface area contributed by atoms with Gasteiger partial charge in [-0.1, -0.05) is 0 Å². The number of halogens is 1. The van der Waals surface area contributed by atoms with Crippen molar-refractivity contribution in [1.82, 2.24) is 4.98 Å². The summed E-state index contributed by atoms with van der Waals surface area (Å²) in [5.74, 6) is -1.61. The van der Waals surface area contributed by atoms with E-state index in [0.717, 1.165) is 24.3 Å². The maximum absolute atomic E-state index is 15.2. The zero-order valence-corrected chi connectivity index (χ0v) is 15.0. The van der Waals surface area contributed by atoms with Gasteiger partial charge in [0.25, 0.3) is 5.56 Å². The molecule has 0 bridgehead atoms. The van der Waals surface area contributed by atoms with Crippen LogP contribution in [0.4, 0.5) is 10.1 Å². The first-order valence-corrected chi connectivity index (χ1v) is 9.41. The van der Waals surface area contributed by atoms with Crippen LogP contribution in [0.15, 0.2) is 16.9 Å². The number of aromatic amines is 1. The van der Waals surface area contributed by atoms with Crippen molar-refractivity contribution in [3.05, 3.63) is 45.0 Å². The predicted molar refractivity (Wildman–Crippen MR) is 100 cm³/mol. The van der Waals surface area contributed by atoms with Gasteiger partial charge in [-0.15, -0.1) is 0 Å². The van der Waals surface area contributed by atoms with Crippen molar-refractivity contribution < 1.29 is 19.4 Å². The maximum atomic E-state index is 15.2. The number of nitrogens with zero attached hydrogens (tertiary/aromatic N) is 1. The number of aromatic nitrogens is 1. The Morgan fingerprint density at radius 2 is 1.96 bits per heavy atom. The Hall–Kier alpha value is -2.87. The molecule has 5 rings (SSSR count). The Balaban J connectivity index is 1.63. The average Bonchev–Trinajstić information content (AvgIpc) is 3.06. The number of nitrogens with one attached hydrogen (secondary N) is 1. The van der Waals surface area contributed by atoms with E-state index in [2.05, 4.69) is 9.88 Å². The Morgan fingerprint density at radius 3 is 2.64 bits per heavy atom. The largest absolute Gasteiger partial charge is 0.506 e. The summed E-state index contributed by atoms with van der Waals surface area (Å²) < 4.78 is 15.2. The molecule has 8 heteroatoms. The molecule has 1 aromatic carbocycles. The van der Waals surface area contributed by atoms with E-state index in [0.29, 0.717) is 31.1 Å². The molecule has 146 valence electrons. The normalized spacial score (nSPS) is 24.9. The number of aryl methyl sites for hydroxylation is 1. The summed E-state index contributed by atoms with van der Waals surface area (Å²) in [6.07, 6.45) is 1.53. The van der Waals surface area contributed by atoms with Gasteiger partial charge in [-0.3, -0.25) is 4.79 Å². The number of benzene rings is 1. The highest BCUT2D eigenvalue weighted by Crippen LogP contribution is 2.46. The molecule has 1 saturated carbocycles. The lowest BCUT2D eigenvalue weighted by atomic mass is 9.98. The van der Waals surface area contributed by atoms with Crippen LogP contribution >= 0.6 is 0 Å². The van der Waals surface area contributed by atoms with Crippen LogP contribution in [-0.2, 0) is 12.8 Å². The number of rotatable bonds is 2. The smallest absolute Gasteiger partial charge is 0.345 e. The number of anilines is 1. The average molecular weight is 385 g/mol. The van der Waals surface area contributed by atoms with Crippen LogP contribution < -0.4 is 16.2 Å². The van der Waals surface area contributed by atoms with Gasteiger partial charge in [0.2, 0.25) is 0 Å². The van der Waals surface area contributed by atoms with E-state index in [1.54, 1.807) is 0 Å². The van der Waals surface area contributed by atoms with Gasteiger partial charge < -0.3 is 25.8 Å². The Labute approximate surface area is 159 Å². The number of carboxylic acid groups (broad SMARTS) is 1. The second kappa shape index (κ2) is 5.81. The third-order valence-corrected chi connectivity index (χ3v) is 6.41. The van der Waals surface area contributed by atoms with Crippen molar-refractivity contribution in [2.24, 2.45) is 17.6 Å². The minimum absolute atomic E-state index is 0.176. The van der Waals surface area contributed by atoms with Crippen LogP contribution in [0.5, 0.6) is 5.75 Å². The van der Waals surface area contributed by atoms with Gasteiger partial charge in [0.05, 0.1) is 5.69 Å². The van der Waals surface area contributed by atoms with E-state index >= 15 is 4.39 Å². The van der Waals surface area contributed by atoms with Gasteiger partial charge in [0.15, 0.2) is 5.56 Å². The summed E-state index contributed by atoms with van der Waals surface area (Å²) in [5, 5.41) is 19.6. The van der Waals surface area contributed by atoms with Gasteiger partial charge in [-0.05, 0) is 48.8 Å². The third-order valence-electron chi connectivity index (χ3n) is 6.41. The maximum Gasteiger partial charge on any atom is 0.345 e. The number of hydrogen-bond donors (Lipinski definition) is 4. The summed E-state index contributed by atoms with van der Waals surface area (Å²) in [4.78, 5) is 28.1. The van der Waals surface area contributed by atoms with Gasteiger partial charge in [-0.25, -0.2) is 9.18 Å². The fourth-order valence-electron chi connectivity index (χ4n) is 4.83. The minimum Gasteiger partial charge on any atom is -0.506 e. The number of hydrogen-bond acceptors (Lipinski definition) is 5. The van der Waals surface area contributed by atoms with Crippen LogP contribution in [0.3, 0.4) is 0 Å². The Bertz CT molecular complexity index is 1070. The van der Waals surface area contributed by atoms with E-state index in [9.17, 15) is 19.8 Å². The van der Waals surface area contributed by atoms with Crippen LogP contribution in [0.1, 0.15) is 27.9 Å². The van der Waals surface area contributed by atoms with E-state index in [1.807, 2.05) is 6.07 Å². The van der Waals surface area contributed by atoms with Crippen LogP contribution in [-0.4, -0.2) is 40.3 Å². The molecule has 1 saturated heterocycles. The van der Waals surface area contributed by atoms with Gasteiger partial charge >= 0.3 is 5.97 Å². The number of aromatic hydroxyl groups is 1. The molecule has 2 heterocycles. The van der Waals surface area contributed by atoms with Crippen molar-refractivity contribution in [2.75, 3.05) is 18.0 Å². The fourth-order valence-corrected chi connectivity index (χ4v) is 4.83. The molecule has 2 aromatic rings. The highest BCUT2D eigenvalue weighted by Gasteiger charge is 2.53. The summed E-state index contributed by atoms with van der Waals surface area (Å²) in [6.45, 7) is 1.64. The molecule has 5 N–H and O–H groups in total. The molecule has 7 nitrogen and oxygen atoms in total. The minimum atomic E-state index is -1.51. The molecule has 3 atom stereocenters. The van der Waals surface area contributed by atoms with Crippen LogP contribution in [0.2, 0.25) is 0 Å². The lowest BCUT2D eigenvalue weighted by Crippen LogP contribution is -2.28. The van der Waals surface area contributed by atoms with Crippen molar-refractivity contribution >= 4 is 11.7 Å². The highest BCUT2D eigenvalue weighted by atomic mass is 19.1. The first kappa shape index (κ1) is 17.2. The monoisotopic (exact) mass is 385 g/mol. The molecule has 0 radical (unpaired) electrons. The molecule has 2 fully saturated rings. The number of pyridine rings is 1. The number of H-pyrrole nitrogens is 1. The molecular weight excluding hydrogens is 365 g/mol. The molecule has 1 aromatic heterocycles. The number of carbonyl (C=O) groups is 1. The predicted octanol–water partition coefficient (Wildman–Crippen LogP) is 1.47. The molecule has 0 spiro atoms. The Kier molecular flexibility index (Phi) is 3.58. The zero-order valence-electron chi connectivity index (χ0n) is 15.0. The SMILES string of the molecule is NC1[C@H]2CN(c3cc(F)c4c(c3)CCCc3c-4[nH]c(=O)c(C(=O)O)c3O)C[C@@H]12. The molecule has 1 unspecified atom stereocenters. The second-order valence-corrected chi connectivity index (χ2v) is 7.96. The van der Waals surface area contributed by atoms with E-state index in [4.69, 9.17) is 5.73 Å². The molecular formula is C20H20FN3O4. The topological polar surface area (TPSA) is 120 Å². The standard InChI is InChI=1S/C20H20FN3O4/c21-13-5-9(24-6-11-12(7-24)16(11)22)4-8-2-1-3-10-17(14(8)13)23-19(26)15(18(10)25)20(27)28/h4-5,11-12,16H,1-3,6-7,22H2,(H,27,28)(H2,23,25,26)/t11-,12+,16?. The summed E-state index contributed by atoms with van der Waals surface area (Å²) in [5.41, 5.74) is 6.58.